The number of carbonyl (C=O) groups is 1. The molecule has 0 aliphatic heterocycles. The van der Waals surface area contributed by atoms with Crippen molar-refractivity contribution in [1.29, 1.82) is 0 Å². The Kier molecular flexibility index (Phi) is 4.37. The molecule has 0 fully saturated rings. The fourth-order valence-electron chi connectivity index (χ4n) is 1.73. The zero-order chi connectivity index (χ0) is 15.1. The molecule has 0 unspecified atom stereocenters. The van der Waals surface area contributed by atoms with Gasteiger partial charge in [0.05, 0.1) is 5.69 Å². The number of rotatable bonds is 2. The van der Waals surface area contributed by atoms with E-state index in [-0.39, 0.29) is 5.41 Å². The zero-order valence-electron chi connectivity index (χ0n) is 11.2. The van der Waals surface area contributed by atoms with Crippen molar-refractivity contribution in [1.82, 2.24) is 4.98 Å². The molecule has 2 aromatic rings. The summed E-state index contributed by atoms with van der Waals surface area (Å²) in [6, 6.07) is 5.77. The first kappa shape index (κ1) is 15.7. The molecule has 1 heterocycles. The minimum atomic E-state index is -0.921. The Morgan fingerprint density at radius 1 is 1.25 bits per heavy atom. The van der Waals surface area contributed by atoms with Crippen LogP contribution in [0.4, 0.5) is 0 Å². The van der Waals surface area contributed by atoms with Gasteiger partial charge in [-0.25, -0.2) is 9.78 Å². The molecule has 0 spiro atoms. The predicted molar refractivity (Wildman–Crippen MR) is 88.6 cm³/mol. The van der Waals surface area contributed by atoms with Crippen molar-refractivity contribution in [2.24, 2.45) is 0 Å². The van der Waals surface area contributed by atoms with Gasteiger partial charge in [-0.2, -0.15) is 0 Å². The van der Waals surface area contributed by atoms with Gasteiger partial charge in [0.2, 0.25) is 0 Å². The molecule has 106 valence electrons. The van der Waals surface area contributed by atoms with E-state index in [0.717, 1.165) is 19.5 Å². The Labute approximate surface area is 138 Å². The van der Waals surface area contributed by atoms with E-state index in [9.17, 15) is 9.90 Å². The smallest absolute Gasteiger partial charge is 0.347 e. The predicted octanol–water partition coefficient (Wildman–Crippen LogP) is 5.33. The number of hydrogen-bond acceptors (Lipinski definition) is 3. The molecule has 3 nitrogen and oxygen atoms in total. The van der Waals surface area contributed by atoms with Gasteiger partial charge in [-0.15, -0.1) is 11.3 Å². The van der Waals surface area contributed by atoms with E-state index in [1.807, 2.05) is 39.0 Å². The van der Waals surface area contributed by atoms with E-state index in [1.165, 1.54) is 11.3 Å². The molecule has 0 atom stereocenters. The van der Waals surface area contributed by atoms with Crippen LogP contribution in [0.25, 0.3) is 10.6 Å². The molecule has 0 amide bonds. The van der Waals surface area contributed by atoms with Gasteiger partial charge >= 0.3 is 5.97 Å². The summed E-state index contributed by atoms with van der Waals surface area (Å²) in [5.41, 5.74) is 1.24. The van der Waals surface area contributed by atoms with E-state index >= 15 is 0 Å². The van der Waals surface area contributed by atoms with Crippen molar-refractivity contribution in [3.63, 3.8) is 0 Å². The Bertz CT molecular complexity index is 674. The number of carboxylic acids is 1. The van der Waals surface area contributed by atoms with Crippen molar-refractivity contribution in [2.45, 2.75) is 26.2 Å². The highest BCUT2D eigenvalue weighted by Gasteiger charge is 2.27. The number of hydrogen-bond donors (Lipinski definition) is 1. The van der Waals surface area contributed by atoms with Gasteiger partial charge in [-0.05, 0) is 44.0 Å². The van der Waals surface area contributed by atoms with Crippen LogP contribution in [-0.2, 0) is 5.41 Å². The van der Waals surface area contributed by atoms with Crippen LogP contribution in [0.2, 0.25) is 0 Å². The number of benzene rings is 1. The van der Waals surface area contributed by atoms with Crippen LogP contribution in [0, 0.1) is 0 Å². The molecule has 1 N–H and O–H groups in total. The van der Waals surface area contributed by atoms with Gasteiger partial charge in [-0.3, -0.25) is 0 Å². The summed E-state index contributed by atoms with van der Waals surface area (Å²) in [7, 11) is 0. The minimum Gasteiger partial charge on any atom is -0.477 e. The average Bonchev–Trinajstić information content (AvgIpc) is 2.77. The van der Waals surface area contributed by atoms with Gasteiger partial charge < -0.3 is 5.11 Å². The monoisotopic (exact) mass is 417 g/mol. The molecule has 0 radical (unpaired) electrons. The zero-order valence-corrected chi connectivity index (χ0v) is 15.2. The molecule has 6 heteroatoms. The van der Waals surface area contributed by atoms with Crippen LogP contribution in [0.3, 0.4) is 0 Å². The number of thiazole rings is 1. The summed E-state index contributed by atoms with van der Waals surface area (Å²) in [6.07, 6.45) is 0. The maximum atomic E-state index is 11.4. The fraction of sp³-hybridized carbons (Fsp3) is 0.286. The second-order valence-corrected chi connectivity index (χ2v) is 8.09. The first-order valence-corrected chi connectivity index (χ1v) is 8.30. The SMILES string of the molecule is CC(C)(C)c1nc(-c2ccc(Br)c(Br)c2)sc1C(=O)O. The van der Waals surface area contributed by atoms with Crippen molar-refractivity contribution in [3.05, 3.63) is 37.7 Å². The Hall–Kier alpha value is -0.720. The molecule has 0 aliphatic carbocycles. The Morgan fingerprint density at radius 3 is 2.35 bits per heavy atom. The van der Waals surface area contributed by atoms with E-state index < -0.39 is 5.97 Å². The fourth-order valence-corrected chi connectivity index (χ4v) is 3.46. The van der Waals surface area contributed by atoms with Crippen LogP contribution in [-0.4, -0.2) is 16.1 Å². The van der Waals surface area contributed by atoms with Crippen LogP contribution in [0.15, 0.2) is 27.1 Å². The van der Waals surface area contributed by atoms with Gasteiger partial charge in [0.15, 0.2) is 0 Å². The third-order valence-corrected chi connectivity index (χ3v) is 5.67. The summed E-state index contributed by atoms with van der Waals surface area (Å²) in [6.45, 7) is 5.90. The van der Waals surface area contributed by atoms with E-state index in [0.29, 0.717) is 10.6 Å². The lowest BCUT2D eigenvalue weighted by Crippen LogP contribution is -2.16. The van der Waals surface area contributed by atoms with Gasteiger partial charge in [0.1, 0.15) is 9.88 Å². The lowest BCUT2D eigenvalue weighted by Gasteiger charge is -2.16. The van der Waals surface area contributed by atoms with E-state index in [1.54, 1.807) is 0 Å². The second kappa shape index (κ2) is 5.58. The molecule has 1 aromatic carbocycles. The molecule has 0 saturated heterocycles. The summed E-state index contributed by atoms with van der Waals surface area (Å²) in [5.74, 6) is -0.921. The second-order valence-electron chi connectivity index (χ2n) is 5.38. The summed E-state index contributed by atoms with van der Waals surface area (Å²) >= 11 is 8.08. The average molecular weight is 419 g/mol. The molecule has 0 bridgehead atoms. The molecular weight excluding hydrogens is 406 g/mol. The lowest BCUT2D eigenvalue weighted by molar-refractivity contribution is 0.0699. The maximum Gasteiger partial charge on any atom is 0.347 e. The Morgan fingerprint density at radius 2 is 1.90 bits per heavy atom. The molecule has 0 saturated carbocycles. The molecular formula is C14H13Br2NO2S. The normalized spacial score (nSPS) is 11.7. The highest BCUT2D eigenvalue weighted by atomic mass is 79.9. The summed E-state index contributed by atoms with van der Waals surface area (Å²) in [5, 5.41) is 10.1. The summed E-state index contributed by atoms with van der Waals surface area (Å²) in [4.78, 5) is 16.2. The van der Waals surface area contributed by atoms with Gasteiger partial charge in [0.25, 0.3) is 0 Å². The van der Waals surface area contributed by atoms with Gasteiger partial charge in [-0.1, -0.05) is 26.8 Å². The van der Waals surface area contributed by atoms with Gasteiger partial charge in [0, 0.05) is 19.9 Å². The topological polar surface area (TPSA) is 50.2 Å². The van der Waals surface area contributed by atoms with Crippen molar-refractivity contribution in [3.8, 4) is 10.6 Å². The van der Waals surface area contributed by atoms with Crippen LogP contribution < -0.4 is 0 Å². The minimum absolute atomic E-state index is 0.297. The first-order valence-electron chi connectivity index (χ1n) is 5.90. The van der Waals surface area contributed by atoms with Crippen molar-refractivity contribution >= 4 is 49.2 Å². The number of nitrogens with zero attached hydrogens (tertiary/aromatic N) is 1. The van der Waals surface area contributed by atoms with E-state index in [4.69, 9.17) is 0 Å². The maximum absolute atomic E-state index is 11.4. The number of carboxylic acid groups (broad SMARTS) is 1. The first-order chi connectivity index (χ1) is 9.20. The van der Waals surface area contributed by atoms with Crippen LogP contribution in [0.5, 0.6) is 0 Å². The van der Waals surface area contributed by atoms with E-state index in [2.05, 4.69) is 36.8 Å². The molecule has 2 rings (SSSR count). The molecule has 0 aliphatic rings. The standard InChI is InChI=1S/C14H13Br2NO2S/c1-14(2,3)11-10(13(18)19)20-12(17-11)7-4-5-8(15)9(16)6-7/h4-6H,1-3H3,(H,18,19). The molecule has 20 heavy (non-hydrogen) atoms. The quantitative estimate of drug-likeness (QED) is 0.716. The van der Waals surface area contributed by atoms with Crippen LogP contribution in [0.1, 0.15) is 36.1 Å². The third kappa shape index (κ3) is 3.13. The third-order valence-electron chi connectivity index (χ3n) is 2.70. The largest absolute Gasteiger partial charge is 0.477 e. The summed E-state index contributed by atoms with van der Waals surface area (Å²) < 4.78 is 1.87. The number of aromatic carboxylic acids is 1. The van der Waals surface area contributed by atoms with Crippen molar-refractivity contribution in [2.75, 3.05) is 0 Å². The highest BCUT2D eigenvalue weighted by molar-refractivity contribution is 9.13. The van der Waals surface area contributed by atoms with Crippen LogP contribution >= 0.6 is 43.2 Å². The Balaban J connectivity index is 2.58. The molecule has 1 aromatic heterocycles. The number of aromatic nitrogens is 1. The highest BCUT2D eigenvalue weighted by Crippen LogP contribution is 2.36. The lowest BCUT2D eigenvalue weighted by atomic mass is 9.91. The van der Waals surface area contributed by atoms with Crippen molar-refractivity contribution < 1.29 is 9.90 Å². The number of halogens is 2.